The van der Waals surface area contributed by atoms with Crippen molar-refractivity contribution in [2.45, 2.75) is 25.7 Å². The normalized spacial score (nSPS) is 21.0. The molecule has 0 saturated carbocycles. The quantitative estimate of drug-likeness (QED) is 0.412. The molecule has 1 aromatic rings. The van der Waals surface area contributed by atoms with Crippen LogP contribution >= 0.6 is 24.0 Å². The van der Waals surface area contributed by atoms with E-state index >= 15 is 0 Å². The van der Waals surface area contributed by atoms with Gasteiger partial charge < -0.3 is 9.80 Å². The third kappa shape index (κ3) is 4.18. The Morgan fingerprint density at radius 3 is 2.33 bits per heavy atom. The number of benzene rings is 1. The molecule has 0 aliphatic carbocycles. The van der Waals surface area contributed by atoms with Gasteiger partial charge in [0.2, 0.25) is 5.96 Å². The number of likely N-dealkylation sites (tertiary alicyclic amines) is 2. The molecule has 2 aliphatic heterocycles. The van der Waals surface area contributed by atoms with Crippen molar-refractivity contribution in [3.63, 3.8) is 0 Å². The van der Waals surface area contributed by atoms with Gasteiger partial charge >= 0.3 is 0 Å². The second kappa shape index (κ2) is 7.77. The van der Waals surface area contributed by atoms with Gasteiger partial charge in [-0.25, -0.2) is 4.99 Å². The number of rotatable bonds is 1. The number of hydrogen-bond acceptors (Lipinski definition) is 1. The first-order valence-corrected chi connectivity index (χ1v) is 7.50. The maximum Gasteiger partial charge on any atom is 0.227 e. The monoisotopic (exact) mass is 398 g/mol. The van der Waals surface area contributed by atoms with Crippen LogP contribution in [0.2, 0.25) is 0 Å². The lowest BCUT2D eigenvalue weighted by molar-refractivity contribution is 0.510. The molecule has 4 nitrogen and oxygen atoms in total. The van der Waals surface area contributed by atoms with Gasteiger partial charge in [-0.1, -0.05) is 18.2 Å². The summed E-state index contributed by atoms with van der Waals surface area (Å²) in [7, 11) is 2.12. The number of aliphatic imine (C=N–C) groups is 2. The van der Waals surface area contributed by atoms with Crippen LogP contribution < -0.4 is 0 Å². The van der Waals surface area contributed by atoms with E-state index in [2.05, 4.69) is 16.8 Å². The molecule has 5 heteroatoms. The highest BCUT2D eigenvalue weighted by molar-refractivity contribution is 14.0. The lowest BCUT2D eigenvalue weighted by atomic mass is 10.3. The van der Waals surface area contributed by atoms with Gasteiger partial charge in [0.05, 0.1) is 5.69 Å². The van der Waals surface area contributed by atoms with Gasteiger partial charge in [-0.15, -0.1) is 24.0 Å². The smallest absolute Gasteiger partial charge is 0.227 e. The topological polar surface area (TPSA) is 31.2 Å². The Balaban J connectivity index is 0.00000161. The van der Waals surface area contributed by atoms with E-state index in [-0.39, 0.29) is 24.0 Å². The summed E-state index contributed by atoms with van der Waals surface area (Å²) in [5.41, 5.74) is 0.986. The molecule has 2 fully saturated rings. The van der Waals surface area contributed by atoms with Crippen molar-refractivity contribution in [1.82, 2.24) is 9.80 Å². The molecule has 2 aliphatic rings. The second-order valence-corrected chi connectivity index (χ2v) is 5.49. The van der Waals surface area contributed by atoms with E-state index in [1.807, 2.05) is 30.3 Å². The average Bonchev–Trinajstić information content (AvgIpc) is 3.12. The molecule has 0 radical (unpaired) electrons. The van der Waals surface area contributed by atoms with Gasteiger partial charge in [0.25, 0.3) is 0 Å². The predicted molar refractivity (Wildman–Crippen MR) is 99.1 cm³/mol. The predicted octanol–water partition coefficient (Wildman–Crippen LogP) is 3.51. The molecule has 0 N–H and O–H groups in total. The number of amidine groups is 1. The van der Waals surface area contributed by atoms with Gasteiger partial charge in [-0.2, -0.15) is 4.99 Å². The van der Waals surface area contributed by atoms with E-state index in [0.29, 0.717) is 0 Å². The zero-order chi connectivity index (χ0) is 13.8. The molecule has 114 valence electrons. The van der Waals surface area contributed by atoms with Crippen molar-refractivity contribution in [3.8, 4) is 0 Å². The van der Waals surface area contributed by atoms with E-state index in [1.54, 1.807) is 0 Å². The number of para-hydroxylation sites is 1. The highest BCUT2D eigenvalue weighted by atomic mass is 127. The van der Waals surface area contributed by atoms with Crippen LogP contribution in [0.1, 0.15) is 25.7 Å². The molecule has 0 aromatic heterocycles. The van der Waals surface area contributed by atoms with Crippen LogP contribution in [0.4, 0.5) is 5.69 Å². The van der Waals surface area contributed by atoms with E-state index in [9.17, 15) is 0 Å². The lowest BCUT2D eigenvalue weighted by Crippen LogP contribution is -2.29. The van der Waals surface area contributed by atoms with E-state index in [4.69, 9.17) is 9.98 Å². The van der Waals surface area contributed by atoms with E-state index < -0.39 is 0 Å². The minimum absolute atomic E-state index is 0. The number of guanidine groups is 1. The Labute approximate surface area is 144 Å². The van der Waals surface area contributed by atoms with Crippen molar-refractivity contribution < 1.29 is 0 Å². The van der Waals surface area contributed by atoms with Crippen molar-refractivity contribution >= 4 is 41.5 Å². The molecule has 1 aromatic carbocycles. The average molecular weight is 398 g/mol. The largest absolute Gasteiger partial charge is 0.363 e. The van der Waals surface area contributed by atoms with Crippen LogP contribution in [0.3, 0.4) is 0 Å². The van der Waals surface area contributed by atoms with Crippen molar-refractivity contribution in [2.75, 3.05) is 26.7 Å². The maximum absolute atomic E-state index is 4.85. The molecular weight excluding hydrogens is 375 g/mol. The summed E-state index contributed by atoms with van der Waals surface area (Å²) in [6, 6.07) is 10.1. The Bertz CT molecular complexity index is 506. The van der Waals surface area contributed by atoms with Crippen LogP contribution in [0.15, 0.2) is 40.3 Å². The third-order valence-electron chi connectivity index (χ3n) is 3.94. The van der Waals surface area contributed by atoms with E-state index in [1.165, 1.54) is 25.1 Å². The van der Waals surface area contributed by atoms with Crippen molar-refractivity contribution in [1.29, 1.82) is 0 Å². The van der Waals surface area contributed by atoms with Gasteiger partial charge in [-0.3, -0.25) is 0 Å². The van der Waals surface area contributed by atoms with Crippen LogP contribution in [-0.2, 0) is 0 Å². The molecule has 3 rings (SSSR count). The molecule has 0 unspecified atom stereocenters. The summed E-state index contributed by atoms with van der Waals surface area (Å²) in [5.74, 6) is 2.06. The number of nitrogens with zero attached hydrogens (tertiary/aromatic N) is 4. The first-order valence-electron chi connectivity index (χ1n) is 7.50. The van der Waals surface area contributed by atoms with Gasteiger partial charge in [0, 0.05) is 33.1 Å². The zero-order valence-electron chi connectivity index (χ0n) is 12.5. The van der Waals surface area contributed by atoms with Crippen LogP contribution in [0.25, 0.3) is 0 Å². The van der Waals surface area contributed by atoms with Crippen LogP contribution in [-0.4, -0.2) is 48.3 Å². The Kier molecular flexibility index (Phi) is 6.02. The maximum atomic E-state index is 4.85. The molecule has 0 spiro atoms. The SMILES string of the molecule is CN1CCC/C1=N/C(=N/c1ccccc1)N1CCCC1.I. The Morgan fingerprint density at radius 1 is 1.00 bits per heavy atom. The molecule has 0 bridgehead atoms. The fraction of sp³-hybridized carbons (Fsp3) is 0.500. The van der Waals surface area contributed by atoms with Crippen LogP contribution in [0.5, 0.6) is 0 Å². The van der Waals surface area contributed by atoms with Gasteiger partial charge in [0.1, 0.15) is 5.84 Å². The fourth-order valence-electron chi connectivity index (χ4n) is 2.75. The molecular formula is C16H23IN4. The van der Waals surface area contributed by atoms with Crippen molar-refractivity contribution in [3.05, 3.63) is 30.3 Å². The summed E-state index contributed by atoms with van der Waals surface area (Å²) in [5, 5.41) is 0. The third-order valence-corrected chi connectivity index (χ3v) is 3.94. The summed E-state index contributed by atoms with van der Waals surface area (Å²) in [6.45, 7) is 3.26. The number of hydrogen-bond donors (Lipinski definition) is 0. The van der Waals surface area contributed by atoms with Gasteiger partial charge in [-0.05, 0) is 31.4 Å². The Morgan fingerprint density at radius 2 is 1.71 bits per heavy atom. The first-order chi connectivity index (χ1) is 9.83. The second-order valence-electron chi connectivity index (χ2n) is 5.49. The molecule has 0 amide bonds. The highest BCUT2D eigenvalue weighted by Crippen LogP contribution is 2.17. The minimum atomic E-state index is 0. The van der Waals surface area contributed by atoms with Crippen molar-refractivity contribution in [2.24, 2.45) is 9.98 Å². The summed E-state index contributed by atoms with van der Waals surface area (Å²) in [6.07, 6.45) is 4.76. The van der Waals surface area contributed by atoms with E-state index in [0.717, 1.165) is 37.7 Å². The molecule has 2 saturated heterocycles. The number of halogens is 1. The molecule has 2 heterocycles. The minimum Gasteiger partial charge on any atom is -0.363 e. The first kappa shape index (κ1) is 16.3. The van der Waals surface area contributed by atoms with Gasteiger partial charge in [0.15, 0.2) is 0 Å². The zero-order valence-corrected chi connectivity index (χ0v) is 14.9. The van der Waals surface area contributed by atoms with Crippen LogP contribution in [0, 0.1) is 0 Å². The highest BCUT2D eigenvalue weighted by Gasteiger charge is 2.20. The lowest BCUT2D eigenvalue weighted by Gasteiger charge is -2.19. The summed E-state index contributed by atoms with van der Waals surface area (Å²) < 4.78 is 0. The Hall–Kier alpha value is -1.11. The summed E-state index contributed by atoms with van der Waals surface area (Å²) in [4.78, 5) is 14.2. The standard InChI is InChI=1S/C16H22N4.HI/c1-19-11-7-10-15(19)18-16(20-12-5-6-13-20)17-14-8-3-2-4-9-14;/h2-4,8-9H,5-7,10-13H2,1H3;1H/b17-16-,18-15-;. The fourth-order valence-corrected chi connectivity index (χ4v) is 2.75. The summed E-state index contributed by atoms with van der Waals surface area (Å²) >= 11 is 0. The molecule has 0 atom stereocenters. The molecule has 21 heavy (non-hydrogen) atoms.